The fraction of sp³-hybridized carbons (Fsp3) is 0.409. The number of nitrogens with zero attached hydrogens (tertiary/aromatic N) is 3. The van der Waals surface area contributed by atoms with E-state index in [1.807, 2.05) is 4.90 Å². The molecule has 0 atom stereocenters. The Bertz CT molecular complexity index is 1250. The van der Waals surface area contributed by atoms with Gasteiger partial charge in [-0.05, 0) is 68.4 Å². The van der Waals surface area contributed by atoms with Crippen molar-refractivity contribution in [3.63, 3.8) is 0 Å². The molecule has 0 unspecified atom stereocenters. The van der Waals surface area contributed by atoms with Gasteiger partial charge in [-0.1, -0.05) is 11.6 Å². The molecule has 0 N–H and O–H groups in total. The van der Waals surface area contributed by atoms with Crippen LogP contribution >= 0.6 is 22.9 Å². The number of carbonyl (C=O) groups is 1. The number of hydrogen-bond donors (Lipinski definition) is 0. The highest BCUT2D eigenvalue weighted by Crippen LogP contribution is 2.34. The minimum atomic E-state index is -0.464. The van der Waals surface area contributed by atoms with Gasteiger partial charge < -0.3 is 4.90 Å². The standard InChI is InChI=1S/C22H22ClN3O3S/c23-14-7-9-15(10-8-14)26-21(28)20-19(16-5-1-2-6-17(16)30-20)25(22(26)29)13-18(27)24-11-3-4-12-24/h7-10H,1-6,11-13H2. The Labute approximate surface area is 182 Å². The maximum absolute atomic E-state index is 13.6. The number of rotatable bonds is 3. The minimum Gasteiger partial charge on any atom is -0.341 e. The molecule has 3 heterocycles. The summed E-state index contributed by atoms with van der Waals surface area (Å²) in [5.74, 6) is -0.0621. The van der Waals surface area contributed by atoms with Crippen LogP contribution in [0.5, 0.6) is 0 Å². The van der Waals surface area contributed by atoms with Gasteiger partial charge in [0.25, 0.3) is 5.56 Å². The van der Waals surface area contributed by atoms with Crippen molar-refractivity contribution in [3.8, 4) is 5.69 Å². The van der Waals surface area contributed by atoms with Gasteiger partial charge in [0.1, 0.15) is 11.2 Å². The highest BCUT2D eigenvalue weighted by Gasteiger charge is 2.26. The minimum absolute atomic E-state index is 0.0353. The van der Waals surface area contributed by atoms with Crippen molar-refractivity contribution >= 4 is 39.1 Å². The first-order valence-electron chi connectivity index (χ1n) is 10.4. The summed E-state index contributed by atoms with van der Waals surface area (Å²) in [4.78, 5) is 42.9. The lowest BCUT2D eigenvalue weighted by Crippen LogP contribution is -2.42. The van der Waals surface area contributed by atoms with Crippen LogP contribution in [0.2, 0.25) is 5.02 Å². The number of hydrogen-bond acceptors (Lipinski definition) is 4. The Morgan fingerprint density at radius 3 is 2.43 bits per heavy atom. The van der Waals surface area contributed by atoms with Crippen LogP contribution < -0.4 is 11.2 Å². The number of halogens is 1. The molecule has 6 nitrogen and oxygen atoms in total. The van der Waals surface area contributed by atoms with E-state index in [4.69, 9.17) is 11.6 Å². The Morgan fingerprint density at radius 1 is 1.00 bits per heavy atom. The normalized spacial score (nSPS) is 16.2. The number of amides is 1. The molecule has 1 fully saturated rings. The van der Waals surface area contributed by atoms with E-state index < -0.39 is 5.69 Å². The maximum Gasteiger partial charge on any atom is 0.336 e. The van der Waals surface area contributed by atoms with E-state index in [2.05, 4.69) is 0 Å². The predicted molar refractivity (Wildman–Crippen MR) is 119 cm³/mol. The molecule has 0 radical (unpaired) electrons. The molecule has 156 valence electrons. The molecule has 30 heavy (non-hydrogen) atoms. The summed E-state index contributed by atoms with van der Waals surface area (Å²) >= 11 is 7.47. The third kappa shape index (κ3) is 3.20. The second kappa shape index (κ2) is 7.71. The van der Waals surface area contributed by atoms with Gasteiger partial charge in [-0.25, -0.2) is 9.36 Å². The summed E-state index contributed by atoms with van der Waals surface area (Å²) in [5, 5.41) is 0.531. The predicted octanol–water partition coefficient (Wildman–Crippen LogP) is 3.37. The second-order valence-electron chi connectivity index (χ2n) is 7.96. The van der Waals surface area contributed by atoms with Crippen LogP contribution in [0, 0.1) is 0 Å². The first-order chi connectivity index (χ1) is 14.5. The van der Waals surface area contributed by atoms with Gasteiger partial charge in [-0.3, -0.25) is 14.2 Å². The van der Waals surface area contributed by atoms with E-state index in [0.29, 0.717) is 20.9 Å². The highest BCUT2D eigenvalue weighted by molar-refractivity contribution is 7.19. The summed E-state index contributed by atoms with van der Waals surface area (Å²) in [6, 6.07) is 6.65. The number of aromatic nitrogens is 2. The molecule has 1 aromatic carbocycles. The first-order valence-corrected chi connectivity index (χ1v) is 11.6. The molecule has 3 aromatic rings. The molecule has 0 saturated carbocycles. The number of aryl methyl sites for hydroxylation is 2. The van der Waals surface area contributed by atoms with E-state index in [1.165, 1.54) is 25.3 Å². The molecule has 1 amide bonds. The molecular formula is C22H22ClN3O3S. The zero-order valence-electron chi connectivity index (χ0n) is 16.5. The van der Waals surface area contributed by atoms with E-state index in [0.717, 1.165) is 57.2 Å². The van der Waals surface area contributed by atoms with Gasteiger partial charge in [0.15, 0.2) is 0 Å². The van der Waals surface area contributed by atoms with Gasteiger partial charge in [-0.15, -0.1) is 11.3 Å². The Morgan fingerprint density at radius 2 is 1.70 bits per heavy atom. The van der Waals surface area contributed by atoms with Gasteiger partial charge in [-0.2, -0.15) is 0 Å². The van der Waals surface area contributed by atoms with E-state index in [-0.39, 0.29) is 18.0 Å². The molecule has 2 aromatic heterocycles. The van der Waals surface area contributed by atoms with Crippen molar-refractivity contribution in [2.24, 2.45) is 0 Å². The topological polar surface area (TPSA) is 64.3 Å². The molecule has 1 aliphatic carbocycles. The number of likely N-dealkylation sites (tertiary alicyclic amines) is 1. The largest absolute Gasteiger partial charge is 0.341 e. The molecule has 0 spiro atoms. The molecule has 8 heteroatoms. The summed E-state index contributed by atoms with van der Waals surface area (Å²) in [7, 11) is 0. The average molecular weight is 444 g/mol. The van der Waals surface area contributed by atoms with Gasteiger partial charge in [0, 0.05) is 23.0 Å². The van der Waals surface area contributed by atoms with Gasteiger partial charge in [0.2, 0.25) is 5.91 Å². The van der Waals surface area contributed by atoms with E-state index in [1.54, 1.807) is 24.3 Å². The highest BCUT2D eigenvalue weighted by atomic mass is 35.5. The fourth-order valence-corrected chi connectivity index (χ4v) is 6.00. The van der Waals surface area contributed by atoms with Gasteiger partial charge >= 0.3 is 5.69 Å². The van der Waals surface area contributed by atoms with Crippen LogP contribution in [-0.2, 0) is 24.2 Å². The molecule has 2 aliphatic rings. The van der Waals surface area contributed by atoms with Crippen LogP contribution in [0.3, 0.4) is 0 Å². The molecule has 0 bridgehead atoms. The van der Waals surface area contributed by atoms with Crippen molar-refractivity contribution in [1.29, 1.82) is 0 Å². The summed E-state index contributed by atoms with van der Waals surface area (Å²) in [6.07, 6.45) is 5.87. The first kappa shape index (κ1) is 19.6. The van der Waals surface area contributed by atoms with Crippen LogP contribution in [-0.4, -0.2) is 33.0 Å². The quantitative estimate of drug-likeness (QED) is 0.623. The number of benzene rings is 1. The smallest absolute Gasteiger partial charge is 0.336 e. The third-order valence-corrected chi connectivity index (χ3v) is 7.59. The van der Waals surface area contributed by atoms with Crippen molar-refractivity contribution in [1.82, 2.24) is 14.0 Å². The van der Waals surface area contributed by atoms with Crippen LogP contribution in [0.4, 0.5) is 0 Å². The van der Waals surface area contributed by atoms with Crippen molar-refractivity contribution < 1.29 is 4.79 Å². The van der Waals surface area contributed by atoms with Crippen molar-refractivity contribution in [2.75, 3.05) is 13.1 Å². The number of fused-ring (bicyclic) bond motifs is 3. The number of thiophene rings is 1. The Balaban J connectivity index is 1.75. The lowest BCUT2D eigenvalue weighted by molar-refractivity contribution is -0.130. The van der Waals surface area contributed by atoms with E-state index >= 15 is 0 Å². The SMILES string of the molecule is O=C(Cn1c(=O)n(-c2ccc(Cl)cc2)c(=O)c2sc3c(c21)CCCC3)N1CCCC1. The van der Waals surface area contributed by atoms with Crippen LogP contribution in [0.15, 0.2) is 33.9 Å². The lowest BCUT2D eigenvalue weighted by Gasteiger charge is -2.19. The summed E-state index contributed by atoms with van der Waals surface area (Å²) in [5.41, 5.74) is 1.43. The zero-order valence-corrected chi connectivity index (χ0v) is 18.1. The van der Waals surface area contributed by atoms with Crippen LogP contribution in [0.25, 0.3) is 15.9 Å². The summed E-state index contributed by atoms with van der Waals surface area (Å²) < 4.78 is 3.27. The third-order valence-electron chi connectivity index (χ3n) is 6.07. The van der Waals surface area contributed by atoms with E-state index in [9.17, 15) is 14.4 Å². The monoisotopic (exact) mass is 443 g/mol. The molecule has 1 saturated heterocycles. The average Bonchev–Trinajstić information content (AvgIpc) is 3.41. The fourth-order valence-electron chi connectivity index (χ4n) is 4.55. The lowest BCUT2D eigenvalue weighted by atomic mass is 9.98. The summed E-state index contributed by atoms with van der Waals surface area (Å²) in [6.45, 7) is 1.43. The van der Waals surface area contributed by atoms with Crippen molar-refractivity contribution in [2.45, 2.75) is 45.1 Å². The molecular weight excluding hydrogens is 422 g/mol. The number of carbonyl (C=O) groups excluding carboxylic acids is 1. The zero-order chi connectivity index (χ0) is 20.8. The Hall–Kier alpha value is -2.38. The maximum atomic E-state index is 13.6. The van der Waals surface area contributed by atoms with Crippen molar-refractivity contribution in [3.05, 3.63) is 60.6 Å². The molecule has 5 rings (SSSR count). The Kier molecular flexibility index (Phi) is 5.03. The van der Waals surface area contributed by atoms with Gasteiger partial charge in [0.05, 0.1) is 11.2 Å². The second-order valence-corrected chi connectivity index (χ2v) is 9.50. The molecule has 1 aliphatic heterocycles. The van der Waals surface area contributed by atoms with Crippen LogP contribution in [0.1, 0.15) is 36.1 Å².